The number of aromatic nitrogens is 4. The molecule has 0 saturated carbocycles. The highest BCUT2D eigenvalue weighted by atomic mass is 32.2. The minimum Gasteiger partial charge on any atom is -0.368 e. The first-order valence-corrected chi connectivity index (χ1v) is 9.91. The van der Waals surface area contributed by atoms with Crippen molar-refractivity contribution in [2.24, 2.45) is 0 Å². The van der Waals surface area contributed by atoms with Crippen molar-refractivity contribution in [3.05, 3.63) is 23.7 Å². The van der Waals surface area contributed by atoms with Gasteiger partial charge in [-0.05, 0) is 25.9 Å². The summed E-state index contributed by atoms with van der Waals surface area (Å²) < 4.78 is 27.7. The molecule has 3 heterocycles. The molecule has 23 heavy (non-hydrogen) atoms. The second-order valence-corrected chi connectivity index (χ2v) is 8.68. The summed E-state index contributed by atoms with van der Waals surface area (Å²) in [6.07, 6.45) is 6.41. The Hall–Kier alpha value is -1.65. The van der Waals surface area contributed by atoms with E-state index in [1.165, 1.54) is 6.26 Å². The second-order valence-electron chi connectivity index (χ2n) is 5.72. The summed E-state index contributed by atoms with van der Waals surface area (Å²) >= 11 is 0.964. The third-order valence-electron chi connectivity index (χ3n) is 3.92. The number of sulfone groups is 1. The molecule has 2 aromatic rings. The number of nitrogens with two attached hydrogens (primary N) is 1. The predicted octanol–water partition coefficient (Wildman–Crippen LogP) is 0.693. The zero-order valence-corrected chi connectivity index (χ0v) is 14.3. The molecule has 2 N–H and O–H groups in total. The van der Waals surface area contributed by atoms with E-state index in [-0.39, 0.29) is 11.9 Å². The van der Waals surface area contributed by atoms with Crippen LogP contribution < -0.4 is 5.73 Å². The van der Waals surface area contributed by atoms with E-state index in [1.54, 1.807) is 12.4 Å². The maximum absolute atomic E-state index is 11.8. The molecule has 2 aromatic heterocycles. The largest absolute Gasteiger partial charge is 0.368 e. The molecule has 1 fully saturated rings. The molecule has 124 valence electrons. The van der Waals surface area contributed by atoms with E-state index in [9.17, 15) is 8.42 Å². The van der Waals surface area contributed by atoms with Crippen LogP contribution in [0.25, 0.3) is 0 Å². The topological polar surface area (TPSA) is 115 Å². The summed E-state index contributed by atoms with van der Waals surface area (Å²) in [6, 6.07) is 0. The Morgan fingerprint density at radius 2 is 1.96 bits per heavy atom. The van der Waals surface area contributed by atoms with Gasteiger partial charge in [0.1, 0.15) is 0 Å². The maximum Gasteiger partial charge on any atom is 0.219 e. The third kappa shape index (κ3) is 3.82. The summed E-state index contributed by atoms with van der Waals surface area (Å²) in [6.45, 7) is 2.51. The van der Waals surface area contributed by atoms with E-state index >= 15 is 0 Å². The molecule has 0 radical (unpaired) electrons. The standard InChI is InChI=1S/C13H18N6O2S2/c1-23(20,21)12-11(17-18-22-12)10-2-4-19(5-3-10)8-9-6-15-13(14)16-7-9/h6-7,10H,2-5,8H2,1H3,(H2,14,15,16). The molecule has 3 rings (SSSR count). The van der Waals surface area contributed by atoms with Gasteiger partial charge in [0.2, 0.25) is 5.95 Å². The van der Waals surface area contributed by atoms with Crippen LogP contribution in [0.2, 0.25) is 0 Å². The first kappa shape index (κ1) is 16.2. The highest BCUT2D eigenvalue weighted by Crippen LogP contribution is 2.32. The Kier molecular flexibility index (Phi) is 4.55. The van der Waals surface area contributed by atoms with Crippen LogP contribution in [0.1, 0.15) is 30.0 Å². The summed E-state index contributed by atoms with van der Waals surface area (Å²) in [4.78, 5) is 10.3. The predicted molar refractivity (Wildman–Crippen MR) is 86.7 cm³/mol. The van der Waals surface area contributed by atoms with E-state index in [0.717, 1.165) is 49.6 Å². The van der Waals surface area contributed by atoms with Crippen LogP contribution in [-0.2, 0) is 16.4 Å². The van der Waals surface area contributed by atoms with Gasteiger partial charge in [0.25, 0.3) is 0 Å². The zero-order valence-electron chi connectivity index (χ0n) is 12.7. The minimum absolute atomic E-state index is 0.150. The minimum atomic E-state index is -3.25. The van der Waals surface area contributed by atoms with Crippen molar-refractivity contribution >= 4 is 27.3 Å². The number of nitrogens with zero attached hydrogens (tertiary/aromatic N) is 5. The van der Waals surface area contributed by atoms with Gasteiger partial charge in [-0.15, -0.1) is 5.10 Å². The van der Waals surface area contributed by atoms with Crippen molar-refractivity contribution in [1.82, 2.24) is 24.5 Å². The van der Waals surface area contributed by atoms with Gasteiger partial charge in [-0.1, -0.05) is 4.49 Å². The van der Waals surface area contributed by atoms with E-state index in [4.69, 9.17) is 5.73 Å². The SMILES string of the molecule is CS(=O)(=O)c1snnc1C1CCN(Cc2cnc(N)nc2)CC1. The van der Waals surface area contributed by atoms with E-state index in [2.05, 4.69) is 24.5 Å². The first-order valence-electron chi connectivity index (χ1n) is 7.24. The van der Waals surface area contributed by atoms with Gasteiger partial charge in [0.05, 0.1) is 5.69 Å². The molecular formula is C13H18N6O2S2. The fourth-order valence-electron chi connectivity index (χ4n) is 2.76. The summed E-state index contributed by atoms with van der Waals surface area (Å²) in [5.41, 5.74) is 7.14. The van der Waals surface area contributed by atoms with Crippen molar-refractivity contribution in [3.8, 4) is 0 Å². The van der Waals surface area contributed by atoms with Crippen LogP contribution in [0.15, 0.2) is 16.6 Å². The lowest BCUT2D eigenvalue weighted by atomic mass is 9.94. The molecule has 0 spiro atoms. The van der Waals surface area contributed by atoms with Gasteiger partial charge in [-0.2, -0.15) is 0 Å². The average molecular weight is 354 g/mol. The molecule has 0 atom stereocenters. The Labute approximate surface area is 138 Å². The zero-order chi connectivity index (χ0) is 16.4. The maximum atomic E-state index is 11.8. The molecule has 1 aliphatic rings. The number of anilines is 1. The molecule has 0 bridgehead atoms. The van der Waals surface area contributed by atoms with Gasteiger partial charge >= 0.3 is 0 Å². The molecule has 0 aromatic carbocycles. The molecule has 1 aliphatic heterocycles. The lowest BCUT2D eigenvalue weighted by Gasteiger charge is -2.31. The van der Waals surface area contributed by atoms with Gasteiger partial charge in [-0.3, -0.25) is 4.90 Å². The number of likely N-dealkylation sites (tertiary alicyclic amines) is 1. The van der Waals surface area contributed by atoms with Gasteiger partial charge in [-0.25, -0.2) is 18.4 Å². The van der Waals surface area contributed by atoms with Crippen molar-refractivity contribution < 1.29 is 8.42 Å². The highest BCUT2D eigenvalue weighted by molar-refractivity contribution is 7.92. The van der Waals surface area contributed by atoms with Gasteiger partial charge < -0.3 is 5.73 Å². The molecule has 0 aliphatic carbocycles. The van der Waals surface area contributed by atoms with Crippen LogP contribution in [0.4, 0.5) is 5.95 Å². The van der Waals surface area contributed by atoms with E-state index in [1.807, 2.05) is 0 Å². The molecule has 8 nitrogen and oxygen atoms in total. The fraction of sp³-hybridized carbons (Fsp3) is 0.538. The molecule has 1 saturated heterocycles. The second kappa shape index (κ2) is 6.46. The number of hydrogen-bond acceptors (Lipinski definition) is 9. The van der Waals surface area contributed by atoms with Crippen molar-refractivity contribution in [1.29, 1.82) is 0 Å². The van der Waals surface area contributed by atoms with Crippen molar-refractivity contribution in [3.63, 3.8) is 0 Å². The molecule has 0 unspecified atom stereocenters. The van der Waals surface area contributed by atoms with Crippen molar-refractivity contribution in [2.45, 2.75) is 29.5 Å². The van der Waals surface area contributed by atoms with Crippen LogP contribution in [0, 0.1) is 0 Å². The fourth-order valence-corrected chi connectivity index (χ4v) is 4.50. The van der Waals surface area contributed by atoms with Crippen LogP contribution in [-0.4, -0.2) is 52.2 Å². The Balaban J connectivity index is 1.63. The van der Waals surface area contributed by atoms with E-state index in [0.29, 0.717) is 9.90 Å². The molecule has 0 amide bonds. The van der Waals surface area contributed by atoms with Gasteiger partial charge in [0.15, 0.2) is 14.0 Å². The highest BCUT2D eigenvalue weighted by Gasteiger charge is 2.28. The third-order valence-corrected chi connectivity index (χ3v) is 6.48. The summed E-state index contributed by atoms with van der Waals surface area (Å²) in [5.74, 6) is 0.425. The van der Waals surface area contributed by atoms with Crippen LogP contribution >= 0.6 is 11.5 Å². The van der Waals surface area contributed by atoms with Crippen LogP contribution in [0.5, 0.6) is 0 Å². The van der Waals surface area contributed by atoms with E-state index < -0.39 is 9.84 Å². The number of rotatable bonds is 4. The quantitative estimate of drug-likeness (QED) is 0.853. The van der Waals surface area contributed by atoms with Crippen LogP contribution in [0.3, 0.4) is 0 Å². The monoisotopic (exact) mass is 354 g/mol. The van der Waals surface area contributed by atoms with Gasteiger partial charge in [0, 0.05) is 48.2 Å². The average Bonchev–Trinajstić information content (AvgIpc) is 3.00. The Bertz CT molecular complexity index is 766. The smallest absolute Gasteiger partial charge is 0.219 e. The number of piperidine rings is 1. The number of nitrogen functional groups attached to an aromatic ring is 1. The lowest BCUT2D eigenvalue weighted by Crippen LogP contribution is -2.33. The first-order chi connectivity index (χ1) is 10.9. The Morgan fingerprint density at radius 1 is 1.30 bits per heavy atom. The normalized spacial score (nSPS) is 17.4. The lowest BCUT2D eigenvalue weighted by molar-refractivity contribution is 0.202. The summed E-state index contributed by atoms with van der Waals surface area (Å²) in [7, 11) is -3.25. The number of hydrogen-bond donors (Lipinski definition) is 1. The molecule has 10 heteroatoms. The molecular weight excluding hydrogens is 336 g/mol. The Morgan fingerprint density at radius 3 is 2.57 bits per heavy atom. The summed E-state index contributed by atoms with van der Waals surface area (Å²) in [5, 5.41) is 4.06. The van der Waals surface area contributed by atoms with Crippen molar-refractivity contribution in [2.75, 3.05) is 25.1 Å².